The van der Waals surface area contributed by atoms with E-state index < -0.39 is 11.6 Å². The first-order chi connectivity index (χ1) is 8.57. The summed E-state index contributed by atoms with van der Waals surface area (Å²) >= 11 is 0. The maximum absolute atomic E-state index is 11.8. The van der Waals surface area contributed by atoms with Crippen molar-refractivity contribution in [3.63, 3.8) is 0 Å². The molecule has 0 aromatic carbocycles. The van der Waals surface area contributed by atoms with Gasteiger partial charge in [-0.3, -0.25) is 0 Å². The Balaban J connectivity index is 2.34. The average Bonchev–Trinajstić information content (AvgIpc) is 2.78. The zero-order valence-corrected chi connectivity index (χ0v) is 11.0. The topological polar surface area (TPSA) is 61.3 Å². The van der Waals surface area contributed by atoms with Crippen LogP contribution in [0, 0.1) is 6.92 Å². The van der Waals surface area contributed by atoms with Crippen molar-refractivity contribution in [2.45, 2.75) is 39.2 Å². The van der Waals surface area contributed by atoms with Gasteiger partial charge >= 0.3 is 5.97 Å². The normalized spacial score (nSPS) is 23.1. The lowest BCUT2D eigenvalue weighted by atomic mass is 10.0. The molecule has 1 saturated heterocycles. The van der Waals surface area contributed by atoms with E-state index >= 15 is 0 Å². The van der Waals surface area contributed by atoms with E-state index in [9.17, 15) is 4.79 Å². The molecule has 0 amide bonds. The summed E-state index contributed by atoms with van der Waals surface area (Å²) in [6, 6.07) is 0. The van der Waals surface area contributed by atoms with Gasteiger partial charge in [0.25, 0.3) is 0 Å². The van der Waals surface area contributed by atoms with Gasteiger partial charge in [0, 0.05) is 18.4 Å². The summed E-state index contributed by atoms with van der Waals surface area (Å²) in [7, 11) is 0. The zero-order valence-electron chi connectivity index (χ0n) is 11.0. The molecule has 1 aromatic rings. The van der Waals surface area contributed by atoms with Crippen molar-refractivity contribution < 1.29 is 14.3 Å². The first kappa shape index (κ1) is 13.0. The highest BCUT2D eigenvalue weighted by atomic mass is 16.5. The minimum absolute atomic E-state index is 0.332. The molecular formula is C13H18N2O3. The standard InChI is InChI=1S/C13H18N2O3/c1-4-17-11(16)10-9(2)8-14-12(15-10)13(3)6-5-7-18-13/h8H,4-7H2,1-3H3. The number of ether oxygens (including phenoxy) is 2. The molecule has 0 aliphatic carbocycles. The lowest BCUT2D eigenvalue weighted by molar-refractivity contribution is 0.00892. The van der Waals surface area contributed by atoms with Crippen molar-refractivity contribution in [1.29, 1.82) is 0 Å². The molecule has 1 fully saturated rings. The number of carbonyl (C=O) groups is 1. The van der Waals surface area contributed by atoms with Gasteiger partial charge in [-0.2, -0.15) is 0 Å². The molecule has 2 heterocycles. The summed E-state index contributed by atoms with van der Waals surface area (Å²) in [6.07, 6.45) is 3.52. The molecule has 2 rings (SSSR count). The summed E-state index contributed by atoms with van der Waals surface area (Å²) in [5.41, 5.74) is 0.576. The number of nitrogens with zero attached hydrogens (tertiary/aromatic N) is 2. The summed E-state index contributed by atoms with van der Waals surface area (Å²) < 4.78 is 10.7. The molecular weight excluding hydrogens is 232 g/mol. The predicted octanol–water partition coefficient (Wildman–Crippen LogP) is 1.99. The fraction of sp³-hybridized carbons (Fsp3) is 0.615. The van der Waals surface area contributed by atoms with Crippen LogP contribution in [0.2, 0.25) is 0 Å². The Hall–Kier alpha value is -1.49. The van der Waals surface area contributed by atoms with Crippen molar-refractivity contribution in [2.24, 2.45) is 0 Å². The Morgan fingerprint density at radius 2 is 2.39 bits per heavy atom. The van der Waals surface area contributed by atoms with Crippen LogP contribution in [0.5, 0.6) is 0 Å². The third-order valence-electron chi connectivity index (χ3n) is 3.13. The number of aromatic nitrogens is 2. The molecule has 0 N–H and O–H groups in total. The van der Waals surface area contributed by atoms with E-state index in [1.807, 2.05) is 6.92 Å². The largest absolute Gasteiger partial charge is 0.461 e. The van der Waals surface area contributed by atoms with E-state index in [0.717, 1.165) is 18.4 Å². The maximum Gasteiger partial charge on any atom is 0.357 e. The molecule has 1 unspecified atom stereocenters. The number of aryl methyl sites for hydroxylation is 1. The summed E-state index contributed by atoms with van der Waals surface area (Å²) in [4.78, 5) is 20.4. The quantitative estimate of drug-likeness (QED) is 0.768. The van der Waals surface area contributed by atoms with Crippen molar-refractivity contribution in [3.05, 3.63) is 23.3 Å². The van der Waals surface area contributed by atoms with Crippen LogP contribution in [-0.2, 0) is 15.1 Å². The molecule has 18 heavy (non-hydrogen) atoms. The highest BCUT2D eigenvalue weighted by Gasteiger charge is 2.35. The highest BCUT2D eigenvalue weighted by molar-refractivity contribution is 5.88. The van der Waals surface area contributed by atoms with Gasteiger partial charge in [-0.1, -0.05) is 0 Å². The second-order valence-corrected chi connectivity index (χ2v) is 4.63. The van der Waals surface area contributed by atoms with Gasteiger partial charge < -0.3 is 9.47 Å². The molecule has 0 bridgehead atoms. The molecule has 1 aliphatic heterocycles. The van der Waals surface area contributed by atoms with Crippen molar-refractivity contribution in [2.75, 3.05) is 13.2 Å². The van der Waals surface area contributed by atoms with E-state index in [1.165, 1.54) is 0 Å². The molecule has 1 aliphatic rings. The monoisotopic (exact) mass is 250 g/mol. The van der Waals surface area contributed by atoms with E-state index in [-0.39, 0.29) is 0 Å². The highest BCUT2D eigenvalue weighted by Crippen LogP contribution is 2.33. The van der Waals surface area contributed by atoms with Crippen LogP contribution in [0.25, 0.3) is 0 Å². The van der Waals surface area contributed by atoms with Crippen LogP contribution in [0.1, 0.15) is 48.6 Å². The van der Waals surface area contributed by atoms with Gasteiger partial charge in [-0.15, -0.1) is 0 Å². The SMILES string of the molecule is CCOC(=O)c1nc(C2(C)CCCO2)ncc1C. The number of carbonyl (C=O) groups excluding carboxylic acids is 1. The fourth-order valence-electron chi connectivity index (χ4n) is 2.06. The first-order valence-corrected chi connectivity index (χ1v) is 6.22. The van der Waals surface area contributed by atoms with Crippen LogP contribution in [0.4, 0.5) is 0 Å². The molecule has 0 spiro atoms. The van der Waals surface area contributed by atoms with Crippen molar-refractivity contribution in [1.82, 2.24) is 9.97 Å². The average molecular weight is 250 g/mol. The maximum atomic E-state index is 11.8. The van der Waals surface area contributed by atoms with Crippen LogP contribution >= 0.6 is 0 Å². The Kier molecular flexibility index (Phi) is 3.61. The van der Waals surface area contributed by atoms with Gasteiger partial charge in [0.15, 0.2) is 11.5 Å². The summed E-state index contributed by atoms with van der Waals surface area (Å²) in [5.74, 6) is 0.161. The molecule has 0 saturated carbocycles. The first-order valence-electron chi connectivity index (χ1n) is 6.22. The Morgan fingerprint density at radius 3 is 3.00 bits per heavy atom. The minimum atomic E-state index is -0.477. The van der Waals surface area contributed by atoms with Crippen molar-refractivity contribution >= 4 is 5.97 Å². The molecule has 0 radical (unpaired) electrons. The lowest BCUT2D eigenvalue weighted by Gasteiger charge is -2.21. The van der Waals surface area contributed by atoms with Gasteiger partial charge in [0.05, 0.1) is 6.61 Å². The molecule has 98 valence electrons. The van der Waals surface area contributed by atoms with E-state index in [1.54, 1.807) is 20.0 Å². The third-order valence-corrected chi connectivity index (χ3v) is 3.13. The number of hydrogen-bond acceptors (Lipinski definition) is 5. The van der Waals surface area contributed by atoms with E-state index in [4.69, 9.17) is 9.47 Å². The van der Waals surface area contributed by atoms with Crippen LogP contribution in [-0.4, -0.2) is 29.2 Å². The number of hydrogen-bond donors (Lipinski definition) is 0. The zero-order chi connectivity index (χ0) is 13.2. The van der Waals surface area contributed by atoms with Gasteiger partial charge in [-0.25, -0.2) is 14.8 Å². The summed E-state index contributed by atoms with van der Waals surface area (Å²) in [6.45, 7) is 6.58. The van der Waals surface area contributed by atoms with Crippen LogP contribution in [0.3, 0.4) is 0 Å². The second kappa shape index (κ2) is 5.02. The lowest BCUT2D eigenvalue weighted by Crippen LogP contribution is -2.25. The van der Waals surface area contributed by atoms with Crippen molar-refractivity contribution in [3.8, 4) is 0 Å². The van der Waals surface area contributed by atoms with E-state index in [0.29, 0.717) is 24.7 Å². The summed E-state index contributed by atoms with van der Waals surface area (Å²) in [5, 5.41) is 0. The van der Waals surface area contributed by atoms with E-state index in [2.05, 4.69) is 9.97 Å². The molecule has 1 aromatic heterocycles. The Morgan fingerprint density at radius 1 is 1.61 bits per heavy atom. The third kappa shape index (κ3) is 2.36. The van der Waals surface area contributed by atoms with Crippen LogP contribution in [0.15, 0.2) is 6.20 Å². The second-order valence-electron chi connectivity index (χ2n) is 4.63. The number of esters is 1. The Bertz CT molecular complexity index is 454. The van der Waals surface area contributed by atoms with Crippen LogP contribution < -0.4 is 0 Å². The molecule has 5 nitrogen and oxygen atoms in total. The predicted molar refractivity (Wildman–Crippen MR) is 65.3 cm³/mol. The number of rotatable bonds is 3. The van der Waals surface area contributed by atoms with Gasteiger partial charge in [0.2, 0.25) is 0 Å². The smallest absolute Gasteiger partial charge is 0.357 e. The molecule has 1 atom stereocenters. The van der Waals surface area contributed by atoms with Gasteiger partial charge in [0.1, 0.15) is 5.60 Å². The molecule has 5 heteroatoms. The fourth-order valence-corrected chi connectivity index (χ4v) is 2.06. The Labute approximate surface area is 107 Å². The minimum Gasteiger partial charge on any atom is -0.461 e. The van der Waals surface area contributed by atoms with Gasteiger partial charge in [-0.05, 0) is 33.6 Å².